The van der Waals surface area contributed by atoms with E-state index in [1.165, 1.54) is 11.8 Å². The molecule has 1 unspecified atom stereocenters. The Morgan fingerprint density at radius 3 is 3.12 bits per heavy atom. The van der Waals surface area contributed by atoms with Gasteiger partial charge in [-0.1, -0.05) is 0 Å². The number of carbonyl (C=O) groups is 2. The zero-order valence-electron chi connectivity index (χ0n) is 8.29. The van der Waals surface area contributed by atoms with Crippen LogP contribution in [0.5, 0.6) is 0 Å². The quantitative estimate of drug-likeness (QED) is 0.598. The van der Waals surface area contributed by atoms with Gasteiger partial charge in [0.05, 0.1) is 16.9 Å². The van der Waals surface area contributed by atoms with E-state index in [1.807, 2.05) is 0 Å². The van der Waals surface area contributed by atoms with Gasteiger partial charge in [0.1, 0.15) is 6.04 Å². The molecule has 0 bridgehead atoms. The Hall–Kier alpha value is -1.69. The van der Waals surface area contributed by atoms with Gasteiger partial charge < -0.3 is 5.32 Å². The van der Waals surface area contributed by atoms with Crippen LogP contribution in [0, 0.1) is 0 Å². The summed E-state index contributed by atoms with van der Waals surface area (Å²) in [7, 11) is 0. The average Bonchev–Trinajstić information content (AvgIpc) is 2.78. The summed E-state index contributed by atoms with van der Waals surface area (Å²) in [4.78, 5) is 29.4. The molecular formula is C10H9N3O2S. The zero-order chi connectivity index (χ0) is 11.4. The largest absolute Gasteiger partial charge is 0.369 e. The molecule has 82 valence electrons. The number of rotatable bonds is 3. The summed E-state index contributed by atoms with van der Waals surface area (Å²) in [6, 6.07) is -0.412. The Morgan fingerprint density at radius 1 is 1.56 bits per heavy atom. The Balaban J connectivity index is 2.06. The molecule has 1 saturated heterocycles. The van der Waals surface area contributed by atoms with Crippen molar-refractivity contribution in [1.82, 2.24) is 15.3 Å². The SMILES string of the molecule is O=CC(=O)C1CSC(=Cc2cnccn2)N1. The van der Waals surface area contributed by atoms with E-state index >= 15 is 0 Å². The third-order valence-corrected chi connectivity index (χ3v) is 3.09. The molecule has 2 rings (SSSR count). The molecule has 0 aliphatic carbocycles. The van der Waals surface area contributed by atoms with Crippen LogP contribution in [0.4, 0.5) is 0 Å². The molecule has 0 saturated carbocycles. The average molecular weight is 235 g/mol. The highest BCUT2D eigenvalue weighted by Gasteiger charge is 2.25. The zero-order valence-corrected chi connectivity index (χ0v) is 9.11. The van der Waals surface area contributed by atoms with E-state index in [0.717, 1.165) is 10.7 Å². The first-order chi connectivity index (χ1) is 7.79. The number of nitrogens with one attached hydrogen (secondary N) is 1. The second-order valence-electron chi connectivity index (χ2n) is 3.17. The van der Waals surface area contributed by atoms with Crippen LogP contribution in [0.1, 0.15) is 5.69 Å². The lowest BCUT2D eigenvalue weighted by atomic mass is 10.2. The first kappa shape index (κ1) is 10.8. The number of hydrogen-bond acceptors (Lipinski definition) is 6. The van der Waals surface area contributed by atoms with Crippen molar-refractivity contribution in [3.63, 3.8) is 0 Å². The van der Waals surface area contributed by atoms with Crippen LogP contribution in [0.15, 0.2) is 23.6 Å². The van der Waals surface area contributed by atoms with E-state index < -0.39 is 11.8 Å². The standard InChI is InChI=1S/C10H9N3O2S/c14-5-9(15)8-6-16-10(13-8)3-7-4-11-1-2-12-7/h1-5,8,13H,6H2. The molecule has 1 aliphatic rings. The van der Waals surface area contributed by atoms with E-state index in [0.29, 0.717) is 12.0 Å². The fourth-order valence-electron chi connectivity index (χ4n) is 1.27. The second kappa shape index (κ2) is 4.89. The second-order valence-corrected chi connectivity index (χ2v) is 4.23. The van der Waals surface area contributed by atoms with Crippen molar-refractivity contribution in [1.29, 1.82) is 0 Å². The van der Waals surface area contributed by atoms with Gasteiger partial charge in [-0.15, -0.1) is 11.8 Å². The highest BCUT2D eigenvalue weighted by atomic mass is 32.2. The van der Waals surface area contributed by atoms with E-state index in [-0.39, 0.29) is 0 Å². The number of aromatic nitrogens is 2. The fraction of sp³-hybridized carbons (Fsp3) is 0.200. The molecule has 1 atom stereocenters. The maximum absolute atomic E-state index is 11.1. The van der Waals surface area contributed by atoms with Crippen LogP contribution in [0.2, 0.25) is 0 Å². The summed E-state index contributed by atoms with van der Waals surface area (Å²) in [5.41, 5.74) is 0.719. The Kier molecular flexibility index (Phi) is 3.31. The van der Waals surface area contributed by atoms with E-state index in [4.69, 9.17) is 0 Å². The summed E-state index contributed by atoms with van der Waals surface area (Å²) < 4.78 is 0. The van der Waals surface area contributed by atoms with Crippen molar-refractivity contribution in [2.45, 2.75) is 6.04 Å². The predicted molar refractivity (Wildman–Crippen MR) is 60.5 cm³/mol. The highest BCUT2D eigenvalue weighted by molar-refractivity contribution is 8.03. The van der Waals surface area contributed by atoms with E-state index in [1.54, 1.807) is 24.7 Å². The normalized spacial score (nSPS) is 21.8. The van der Waals surface area contributed by atoms with Crippen LogP contribution in [-0.2, 0) is 9.59 Å². The fourth-order valence-corrected chi connectivity index (χ4v) is 2.29. The van der Waals surface area contributed by atoms with Crippen molar-refractivity contribution in [2.24, 2.45) is 0 Å². The Labute approximate surface area is 96.4 Å². The third-order valence-electron chi connectivity index (χ3n) is 2.04. The van der Waals surface area contributed by atoms with Gasteiger partial charge in [-0.3, -0.25) is 19.6 Å². The van der Waals surface area contributed by atoms with Crippen molar-refractivity contribution in [3.05, 3.63) is 29.3 Å². The number of carbonyl (C=O) groups excluding carboxylic acids is 2. The Morgan fingerprint density at radius 2 is 2.44 bits per heavy atom. The molecule has 0 radical (unpaired) electrons. The van der Waals surface area contributed by atoms with E-state index in [2.05, 4.69) is 15.3 Å². The molecule has 1 fully saturated rings. The molecule has 0 spiro atoms. The third kappa shape index (κ3) is 2.46. The van der Waals surface area contributed by atoms with Crippen molar-refractivity contribution in [2.75, 3.05) is 5.75 Å². The number of aldehydes is 1. The van der Waals surface area contributed by atoms with E-state index in [9.17, 15) is 9.59 Å². The first-order valence-electron chi connectivity index (χ1n) is 4.65. The molecule has 5 nitrogen and oxygen atoms in total. The van der Waals surface area contributed by atoms with Crippen LogP contribution < -0.4 is 5.32 Å². The molecule has 1 aromatic rings. The molecule has 0 aromatic carbocycles. The Bertz CT molecular complexity index is 433. The van der Waals surface area contributed by atoms with Gasteiger partial charge in [0.2, 0.25) is 5.78 Å². The minimum atomic E-state index is -0.421. The van der Waals surface area contributed by atoms with Crippen molar-refractivity contribution >= 4 is 29.9 Å². The highest BCUT2D eigenvalue weighted by Crippen LogP contribution is 2.24. The van der Waals surface area contributed by atoms with Gasteiger partial charge in [0, 0.05) is 18.1 Å². The summed E-state index contributed by atoms with van der Waals surface area (Å²) in [6.07, 6.45) is 6.97. The molecule has 6 heteroatoms. The van der Waals surface area contributed by atoms with Gasteiger partial charge in [-0.2, -0.15) is 0 Å². The maximum Gasteiger partial charge on any atom is 0.218 e. The lowest BCUT2D eigenvalue weighted by molar-refractivity contribution is -0.130. The number of hydrogen-bond donors (Lipinski definition) is 1. The summed E-state index contributed by atoms with van der Waals surface area (Å²) in [5.74, 6) is 0.152. The summed E-state index contributed by atoms with van der Waals surface area (Å²) in [6.45, 7) is 0. The van der Waals surface area contributed by atoms with Crippen LogP contribution in [-0.4, -0.2) is 33.8 Å². The molecule has 16 heavy (non-hydrogen) atoms. The van der Waals surface area contributed by atoms with Gasteiger partial charge >= 0.3 is 0 Å². The van der Waals surface area contributed by atoms with Gasteiger partial charge in [-0.05, 0) is 6.08 Å². The number of ketones is 1. The smallest absolute Gasteiger partial charge is 0.218 e. The van der Waals surface area contributed by atoms with Crippen molar-refractivity contribution in [3.8, 4) is 0 Å². The molecule has 0 amide bonds. The summed E-state index contributed by atoms with van der Waals surface area (Å²) >= 11 is 1.49. The number of nitrogens with zero attached hydrogens (tertiary/aromatic N) is 2. The topological polar surface area (TPSA) is 72.0 Å². The summed E-state index contributed by atoms with van der Waals surface area (Å²) in [5, 5.41) is 3.80. The minimum absolute atomic E-state index is 0.351. The number of Topliss-reactive ketones (excluding diaryl/α,β-unsaturated/α-hetero) is 1. The molecule has 1 N–H and O–H groups in total. The first-order valence-corrected chi connectivity index (χ1v) is 5.64. The molecule has 1 aromatic heterocycles. The lowest BCUT2D eigenvalue weighted by Gasteiger charge is -2.03. The molecule has 1 aliphatic heterocycles. The van der Waals surface area contributed by atoms with Gasteiger partial charge in [-0.25, -0.2) is 0 Å². The predicted octanol–water partition coefficient (Wildman–Crippen LogP) is 0.248. The van der Waals surface area contributed by atoms with Gasteiger partial charge in [0.15, 0.2) is 6.29 Å². The number of thioether (sulfide) groups is 1. The maximum atomic E-state index is 11.1. The minimum Gasteiger partial charge on any atom is -0.369 e. The molecular weight excluding hydrogens is 226 g/mol. The van der Waals surface area contributed by atoms with Crippen LogP contribution >= 0.6 is 11.8 Å². The van der Waals surface area contributed by atoms with Crippen LogP contribution in [0.25, 0.3) is 6.08 Å². The van der Waals surface area contributed by atoms with Crippen LogP contribution in [0.3, 0.4) is 0 Å². The molecule has 2 heterocycles. The van der Waals surface area contributed by atoms with Crippen molar-refractivity contribution < 1.29 is 9.59 Å². The lowest BCUT2D eigenvalue weighted by Crippen LogP contribution is -2.32. The van der Waals surface area contributed by atoms with Gasteiger partial charge in [0.25, 0.3) is 0 Å². The monoisotopic (exact) mass is 235 g/mol.